The molecule has 0 N–H and O–H groups in total. The third kappa shape index (κ3) is 4.75. The first kappa shape index (κ1) is 25.8. The van der Waals surface area contributed by atoms with Crippen LogP contribution < -0.4 is 0 Å². The van der Waals surface area contributed by atoms with Crippen LogP contribution in [0.15, 0.2) is 158 Å². The van der Waals surface area contributed by atoms with E-state index in [-0.39, 0.29) is 0 Å². The summed E-state index contributed by atoms with van der Waals surface area (Å²) in [6, 6.07) is 56.3. The van der Waals surface area contributed by atoms with Crippen molar-refractivity contribution in [3.8, 4) is 48.8 Å². The summed E-state index contributed by atoms with van der Waals surface area (Å²) in [6.45, 7) is 0. The lowest BCUT2D eigenvalue weighted by Crippen LogP contribution is -1.94. The zero-order chi connectivity index (χ0) is 28.8. The normalized spacial score (nSPS) is 11.4. The summed E-state index contributed by atoms with van der Waals surface area (Å²) in [5.74, 6) is 0. The minimum atomic E-state index is 0.746. The second-order valence-corrected chi connectivity index (χ2v) is 12.3. The fourth-order valence-electron chi connectivity index (χ4n) is 5.98. The first-order valence-corrected chi connectivity index (χ1v) is 15.6. The molecule has 1 nitrogen and oxygen atoms in total. The lowest BCUT2D eigenvalue weighted by molar-refractivity contribution is 1.18. The van der Waals surface area contributed by atoms with Crippen LogP contribution >= 0.6 is 22.9 Å². The molecule has 0 unspecified atom stereocenters. The van der Waals surface area contributed by atoms with E-state index in [1.165, 1.54) is 59.4 Å². The maximum Gasteiger partial charge on any atom is 0.0541 e. The molecule has 6 aromatic carbocycles. The van der Waals surface area contributed by atoms with Gasteiger partial charge in [-0.15, -0.1) is 11.3 Å². The lowest BCUT2D eigenvalue weighted by atomic mass is 10.0. The van der Waals surface area contributed by atoms with E-state index in [1.54, 1.807) is 0 Å². The summed E-state index contributed by atoms with van der Waals surface area (Å²) in [7, 11) is 0. The fourth-order valence-corrected chi connectivity index (χ4v) is 7.12. The molecular weight excluding hydrogens is 562 g/mol. The van der Waals surface area contributed by atoms with E-state index in [4.69, 9.17) is 11.6 Å². The number of rotatable bonds is 5. The van der Waals surface area contributed by atoms with Crippen LogP contribution in [0.4, 0.5) is 0 Å². The smallest absolute Gasteiger partial charge is 0.0541 e. The second-order valence-electron chi connectivity index (χ2n) is 10.8. The maximum absolute atomic E-state index is 6.21. The number of nitrogens with zero attached hydrogens (tertiary/aromatic N) is 1. The van der Waals surface area contributed by atoms with Crippen LogP contribution in [-0.4, -0.2) is 4.57 Å². The van der Waals surface area contributed by atoms with Gasteiger partial charge in [-0.2, -0.15) is 0 Å². The number of fused-ring (bicyclic) bond motifs is 3. The quantitative estimate of drug-likeness (QED) is 0.189. The Morgan fingerprint density at radius 2 is 0.907 bits per heavy atom. The molecule has 0 aliphatic heterocycles. The molecule has 3 heteroatoms. The third-order valence-corrected chi connectivity index (χ3v) is 9.54. The van der Waals surface area contributed by atoms with E-state index in [9.17, 15) is 0 Å². The summed E-state index contributed by atoms with van der Waals surface area (Å²) < 4.78 is 2.40. The minimum absolute atomic E-state index is 0.746. The van der Waals surface area contributed by atoms with Gasteiger partial charge in [0.15, 0.2) is 0 Å². The van der Waals surface area contributed by atoms with Gasteiger partial charge in [0.25, 0.3) is 0 Å². The van der Waals surface area contributed by atoms with Gasteiger partial charge in [0.2, 0.25) is 0 Å². The topological polar surface area (TPSA) is 4.93 Å². The van der Waals surface area contributed by atoms with Crippen molar-refractivity contribution in [3.63, 3.8) is 0 Å². The zero-order valence-electron chi connectivity index (χ0n) is 23.2. The van der Waals surface area contributed by atoms with Crippen molar-refractivity contribution in [1.29, 1.82) is 0 Å². The van der Waals surface area contributed by atoms with Gasteiger partial charge in [-0.25, -0.2) is 0 Å². The Bertz CT molecular complexity index is 2230. The Morgan fingerprint density at radius 1 is 0.395 bits per heavy atom. The first-order valence-electron chi connectivity index (χ1n) is 14.4. The highest BCUT2D eigenvalue weighted by Gasteiger charge is 2.16. The van der Waals surface area contributed by atoms with Gasteiger partial charge < -0.3 is 4.57 Å². The molecule has 0 aliphatic carbocycles. The van der Waals surface area contributed by atoms with Crippen LogP contribution in [0.1, 0.15) is 0 Å². The third-order valence-electron chi connectivity index (χ3n) is 8.10. The van der Waals surface area contributed by atoms with Gasteiger partial charge in [-0.3, -0.25) is 0 Å². The largest absolute Gasteiger partial charge is 0.309 e. The van der Waals surface area contributed by atoms with Crippen molar-refractivity contribution in [2.45, 2.75) is 0 Å². The second kappa shape index (κ2) is 10.7. The van der Waals surface area contributed by atoms with Crippen molar-refractivity contribution in [1.82, 2.24) is 4.57 Å². The SMILES string of the molecule is Clc1ccc(-c2ccc3c(c2)c2cc(-c4ccccc4)ccc2n3-c2cccc(-c3ccc(-c4ccccc4)s3)c2)cc1. The van der Waals surface area contributed by atoms with Crippen LogP contribution in [0.5, 0.6) is 0 Å². The Balaban J connectivity index is 1.31. The molecule has 8 aromatic rings. The molecule has 0 atom stereocenters. The van der Waals surface area contributed by atoms with E-state index in [1.807, 2.05) is 23.5 Å². The van der Waals surface area contributed by atoms with Crippen molar-refractivity contribution in [2.24, 2.45) is 0 Å². The fraction of sp³-hybridized carbons (Fsp3) is 0. The van der Waals surface area contributed by atoms with Crippen LogP contribution in [0, 0.1) is 0 Å². The van der Waals surface area contributed by atoms with Crippen molar-refractivity contribution in [2.75, 3.05) is 0 Å². The summed E-state index contributed by atoms with van der Waals surface area (Å²) in [5, 5.41) is 3.21. The molecule has 2 aromatic heterocycles. The minimum Gasteiger partial charge on any atom is -0.309 e. The Hall–Kier alpha value is -4.89. The summed E-state index contributed by atoms with van der Waals surface area (Å²) in [4.78, 5) is 2.54. The maximum atomic E-state index is 6.21. The number of halogens is 1. The number of hydrogen-bond donors (Lipinski definition) is 0. The average Bonchev–Trinajstić information content (AvgIpc) is 3.69. The molecule has 0 spiro atoms. The average molecular weight is 588 g/mol. The van der Waals surface area contributed by atoms with E-state index in [0.717, 1.165) is 16.3 Å². The number of benzene rings is 6. The summed E-state index contributed by atoms with van der Waals surface area (Å²) >= 11 is 8.04. The Kier molecular flexibility index (Phi) is 6.44. The zero-order valence-corrected chi connectivity index (χ0v) is 24.8. The monoisotopic (exact) mass is 587 g/mol. The van der Waals surface area contributed by atoms with Crippen LogP contribution in [-0.2, 0) is 0 Å². The standard InChI is InChI=1S/C40H26ClNS/c41-33-18-14-28(15-19-33)31-17-21-38-36(26-31)35-25-30(27-8-3-1-4-9-27)16-20-37(35)42(38)34-13-7-12-32(24-34)40-23-22-39(43-40)29-10-5-2-6-11-29/h1-26H. The molecule has 0 fully saturated rings. The molecule has 8 rings (SSSR count). The van der Waals surface area contributed by atoms with Gasteiger partial charge in [0.05, 0.1) is 11.0 Å². The van der Waals surface area contributed by atoms with E-state index in [0.29, 0.717) is 0 Å². The molecule has 0 aliphatic rings. The van der Waals surface area contributed by atoms with E-state index < -0.39 is 0 Å². The number of aromatic nitrogens is 1. The van der Waals surface area contributed by atoms with Gasteiger partial charge >= 0.3 is 0 Å². The van der Waals surface area contributed by atoms with Gasteiger partial charge in [-0.1, -0.05) is 109 Å². The highest BCUT2D eigenvalue weighted by molar-refractivity contribution is 7.18. The van der Waals surface area contributed by atoms with Gasteiger partial charge in [0, 0.05) is 31.2 Å². The molecule has 0 saturated heterocycles. The molecule has 204 valence electrons. The molecule has 0 radical (unpaired) electrons. The van der Waals surface area contributed by atoms with Crippen LogP contribution in [0.2, 0.25) is 5.02 Å². The molecule has 43 heavy (non-hydrogen) atoms. The van der Waals surface area contributed by atoms with Crippen LogP contribution in [0.3, 0.4) is 0 Å². The predicted molar refractivity (Wildman–Crippen MR) is 185 cm³/mol. The highest BCUT2D eigenvalue weighted by Crippen LogP contribution is 2.39. The predicted octanol–water partition coefficient (Wildman–Crippen LogP) is 12.2. The molecular formula is C40H26ClNS. The molecule has 0 saturated carbocycles. The lowest BCUT2D eigenvalue weighted by Gasteiger charge is -2.10. The number of hydrogen-bond acceptors (Lipinski definition) is 1. The van der Waals surface area contributed by atoms with Gasteiger partial charge in [0.1, 0.15) is 0 Å². The summed E-state index contributed by atoms with van der Waals surface area (Å²) in [5.41, 5.74) is 10.8. The molecule has 0 amide bonds. The van der Waals surface area contributed by atoms with Crippen molar-refractivity contribution in [3.05, 3.63) is 163 Å². The Morgan fingerprint density at radius 3 is 1.53 bits per heavy atom. The van der Waals surface area contributed by atoms with Gasteiger partial charge in [-0.05, 0) is 94.0 Å². The van der Waals surface area contributed by atoms with E-state index >= 15 is 0 Å². The Labute approximate surface area is 259 Å². The molecule has 0 bridgehead atoms. The van der Waals surface area contributed by atoms with Crippen LogP contribution in [0.25, 0.3) is 70.6 Å². The molecule has 2 heterocycles. The first-order chi connectivity index (χ1) is 21.2. The highest BCUT2D eigenvalue weighted by atomic mass is 35.5. The van der Waals surface area contributed by atoms with Crippen molar-refractivity contribution < 1.29 is 0 Å². The van der Waals surface area contributed by atoms with E-state index in [2.05, 4.69) is 150 Å². The van der Waals surface area contributed by atoms with Crippen molar-refractivity contribution >= 4 is 44.7 Å². The number of thiophene rings is 1. The summed E-state index contributed by atoms with van der Waals surface area (Å²) in [6.07, 6.45) is 0.